The van der Waals surface area contributed by atoms with E-state index in [0.29, 0.717) is 12.0 Å². The first kappa shape index (κ1) is 13.5. The number of nitrogens with zero attached hydrogens (tertiary/aromatic N) is 4. The predicted octanol–water partition coefficient (Wildman–Crippen LogP) is 3.06. The van der Waals surface area contributed by atoms with Gasteiger partial charge in [0.1, 0.15) is 5.52 Å². The second-order valence-corrected chi connectivity index (χ2v) is 6.07. The number of aryl methyl sites for hydroxylation is 2. The molecular formula is C15H25N5. The van der Waals surface area contributed by atoms with Crippen molar-refractivity contribution in [3.8, 4) is 0 Å². The number of aromatic nitrogens is 4. The van der Waals surface area contributed by atoms with Crippen LogP contribution in [0.5, 0.6) is 0 Å². The molecule has 1 aliphatic carbocycles. The summed E-state index contributed by atoms with van der Waals surface area (Å²) in [5.41, 5.74) is 9.39. The van der Waals surface area contributed by atoms with Crippen LogP contribution in [0, 0.1) is 5.92 Å². The van der Waals surface area contributed by atoms with Gasteiger partial charge < -0.3 is 5.73 Å². The summed E-state index contributed by atoms with van der Waals surface area (Å²) in [5.74, 6) is 1.54. The second-order valence-electron chi connectivity index (χ2n) is 6.07. The molecule has 1 aliphatic rings. The highest BCUT2D eigenvalue weighted by atomic mass is 15.4. The van der Waals surface area contributed by atoms with Gasteiger partial charge in [-0.1, -0.05) is 33.1 Å². The van der Waals surface area contributed by atoms with Crippen molar-refractivity contribution < 1.29 is 0 Å². The van der Waals surface area contributed by atoms with Crippen LogP contribution in [-0.2, 0) is 13.5 Å². The van der Waals surface area contributed by atoms with Gasteiger partial charge in [-0.25, -0.2) is 4.98 Å². The van der Waals surface area contributed by atoms with Crippen LogP contribution in [0.4, 0.5) is 5.95 Å². The van der Waals surface area contributed by atoms with Gasteiger partial charge in [-0.15, -0.1) is 0 Å². The molecule has 1 atom stereocenters. The lowest BCUT2D eigenvalue weighted by molar-refractivity contribution is 0.436. The minimum atomic E-state index is 0.456. The molecule has 0 bridgehead atoms. The Labute approximate surface area is 120 Å². The predicted molar refractivity (Wildman–Crippen MR) is 81.6 cm³/mol. The van der Waals surface area contributed by atoms with Crippen LogP contribution in [0.2, 0.25) is 0 Å². The number of hydrogen-bond acceptors (Lipinski definition) is 3. The largest absolute Gasteiger partial charge is 0.369 e. The third-order valence-electron chi connectivity index (χ3n) is 4.39. The summed E-state index contributed by atoms with van der Waals surface area (Å²) in [6.07, 6.45) is 7.12. The highest BCUT2D eigenvalue weighted by Gasteiger charge is 2.28. The smallest absolute Gasteiger partial charge is 0.202 e. The zero-order chi connectivity index (χ0) is 14.3. The molecular weight excluding hydrogens is 250 g/mol. The van der Waals surface area contributed by atoms with Gasteiger partial charge in [-0.05, 0) is 25.2 Å². The van der Waals surface area contributed by atoms with Gasteiger partial charge in [-0.3, -0.25) is 9.25 Å². The van der Waals surface area contributed by atoms with Gasteiger partial charge >= 0.3 is 0 Å². The number of hydrogen-bond donors (Lipinski definition) is 1. The van der Waals surface area contributed by atoms with Crippen molar-refractivity contribution in [2.24, 2.45) is 13.0 Å². The Bertz CT molecular complexity index is 605. The van der Waals surface area contributed by atoms with E-state index in [4.69, 9.17) is 5.73 Å². The number of nitrogen functional groups attached to an aromatic ring is 1. The Morgan fingerprint density at radius 3 is 2.70 bits per heavy atom. The van der Waals surface area contributed by atoms with Gasteiger partial charge in [0.05, 0.1) is 5.69 Å². The Morgan fingerprint density at radius 1 is 1.35 bits per heavy atom. The van der Waals surface area contributed by atoms with Crippen LogP contribution in [0.3, 0.4) is 0 Å². The molecule has 0 spiro atoms. The van der Waals surface area contributed by atoms with Gasteiger partial charge in [0.15, 0.2) is 5.65 Å². The first-order chi connectivity index (χ1) is 9.65. The highest BCUT2D eigenvalue weighted by Crippen LogP contribution is 2.39. The fourth-order valence-electron chi connectivity index (χ4n) is 3.18. The molecule has 0 aliphatic heterocycles. The second kappa shape index (κ2) is 5.11. The summed E-state index contributed by atoms with van der Waals surface area (Å²) in [6, 6.07) is 0.456. The molecule has 1 unspecified atom stereocenters. The van der Waals surface area contributed by atoms with E-state index in [1.54, 1.807) is 0 Å². The minimum Gasteiger partial charge on any atom is -0.369 e. The van der Waals surface area contributed by atoms with E-state index >= 15 is 0 Å². The third kappa shape index (κ3) is 2.19. The van der Waals surface area contributed by atoms with Crippen molar-refractivity contribution >= 4 is 17.1 Å². The summed E-state index contributed by atoms with van der Waals surface area (Å²) in [4.78, 5) is 4.61. The molecule has 3 rings (SSSR count). The average Bonchev–Trinajstić information content (AvgIpc) is 3.10. The first-order valence-electron chi connectivity index (χ1n) is 7.84. The van der Waals surface area contributed by atoms with Crippen molar-refractivity contribution in [2.45, 2.75) is 58.4 Å². The molecule has 110 valence electrons. The molecule has 0 saturated heterocycles. The van der Waals surface area contributed by atoms with E-state index in [0.717, 1.165) is 42.0 Å². The van der Waals surface area contributed by atoms with Crippen LogP contribution in [-0.4, -0.2) is 19.3 Å². The van der Waals surface area contributed by atoms with E-state index in [-0.39, 0.29) is 0 Å². The molecule has 5 heteroatoms. The number of nitrogens with two attached hydrogens (primary N) is 1. The summed E-state index contributed by atoms with van der Waals surface area (Å²) < 4.78 is 4.18. The molecule has 2 aromatic heterocycles. The molecule has 0 aromatic carbocycles. The Balaban J connectivity index is 2.06. The molecule has 0 radical (unpaired) electrons. The zero-order valence-electron chi connectivity index (χ0n) is 12.8. The summed E-state index contributed by atoms with van der Waals surface area (Å²) in [7, 11) is 2.00. The number of imidazole rings is 1. The summed E-state index contributed by atoms with van der Waals surface area (Å²) in [6.45, 7) is 4.41. The quantitative estimate of drug-likeness (QED) is 0.881. The minimum absolute atomic E-state index is 0.456. The van der Waals surface area contributed by atoms with E-state index in [1.807, 2.05) is 11.7 Å². The van der Waals surface area contributed by atoms with E-state index in [2.05, 4.69) is 28.5 Å². The zero-order valence-corrected chi connectivity index (χ0v) is 12.8. The van der Waals surface area contributed by atoms with Crippen molar-refractivity contribution in [3.63, 3.8) is 0 Å². The average molecular weight is 275 g/mol. The lowest BCUT2D eigenvalue weighted by atomic mass is 10.1. The molecule has 20 heavy (non-hydrogen) atoms. The number of anilines is 1. The van der Waals surface area contributed by atoms with Crippen molar-refractivity contribution in [2.75, 3.05) is 5.73 Å². The maximum absolute atomic E-state index is 6.22. The fourth-order valence-corrected chi connectivity index (χ4v) is 3.18. The topological polar surface area (TPSA) is 61.7 Å². The van der Waals surface area contributed by atoms with Gasteiger partial charge in [0.2, 0.25) is 5.95 Å². The van der Waals surface area contributed by atoms with Gasteiger partial charge in [0, 0.05) is 13.1 Å². The Hall–Kier alpha value is -1.52. The first-order valence-corrected chi connectivity index (χ1v) is 7.84. The Kier molecular flexibility index (Phi) is 3.44. The molecule has 5 nitrogen and oxygen atoms in total. The summed E-state index contributed by atoms with van der Waals surface area (Å²) in [5, 5.41) is 4.63. The maximum atomic E-state index is 6.22. The summed E-state index contributed by atoms with van der Waals surface area (Å²) >= 11 is 0. The molecule has 0 amide bonds. The van der Waals surface area contributed by atoms with E-state index in [1.165, 1.54) is 19.3 Å². The maximum Gasteiger partial charge on any atom is 0.202 e. The van der Waals surface area contributed by atoms with Crippen LogP contribution in [0.25, 0.3) is 11.2 Å². The fraction of sp³-hybridized carbons (Fsp3) is 0.733. The molecule has 2 aromatic rings. The van der Waals surface area contributed by atoms with Crippen LogP contribution in [0.15, 0.2) is 0 Å². The number of rotatable bonds is 6. The normalized spacial score (nSPS) is 16.9. The van der Waals surface area contributed by atoms with Gasteiger partial charge in [0.25, 0.3) is 0 Å². The lowest BCUT2D eigenvalue weighted by Gasteiger charge is -2.18. The van der Waals surface area contributed by atoms with Gasteiger partial charge in [-0.2, -0.15) is 5.10 Å². The van der Waals surface area contributed by atoms with Crippen LogP contribution < -0.4 is 5.73 Å². The van der Waals surface area contributed by atoms with Crippen LogP contribution >= 0.6 is 0 Å². The third-order valence-corrected chi connectivity index (χ3v) is 4.39. The monoisotopic (exact) mass is 275 g/mol. The molecule has 1 saturated carbocycles. The SMILES string of the molecule is CCCc1nn(C)c2c1nc(N)n2C(CC)CC1CC1. The molecule has 2 heterocycles. The van der Waals surface area contributed by atoms with Crippen molar-refractivity contribution in [3.05, 3.63) is 5.69 Å². The molecule has 2 N–H and O–H groups in total. The van der Waals surface area contributed by atoms with Crippen LogP contribution in [0.1, 0.15) is 57.7 Å². The lowest BCUT2D eigenvalue weighted by Crippen LogP contribution is -2.14. The highest BCUT2D eigenvalue weighted by molar-refractivity contribution is 5.78. The van der Waals surface area contributed by atoms with Crippen molar-refractivity contribution in [1.82, 2.24) is 19.3 Å². The Morgan fingerprint density at radius 2 is 2.10 bits per heavy atom. The molecule has 1 fully saturated rings. The number of fused-ring (bicyclic) bond motifs is 1. The standard InChI is InChI=1S/C15H25N5/c1-4-6-12-13-14(19(3)18-12)20(15(16)17-13)11(5-2)9-10-7-8-10/h10-11H,4-9H2,1-3H3,(H2,16,17). The van der Waals surface area contributed by atoms with E-state index in [9.17, 15) is 0 Å². The van der Waals surface area contributed by atoms with E-state index < -0.39 is 0 Å². The van der Waals surface area contributed by atoms with Crippen molar-refractivity contribution in [1.29, 1.82) is 0 Å².